The molecular weight excluding hydrogens is 374 g/mol. The van der Waals surface area contributed by atoms with Crippen molar-refractivity contribution in [3.05, 3.63) is 58.4 Å². The third kappa shape index (κ3) is 3.75. The maximum atomic E-state index is 4.80. The first-order valence-corrected chi connectivity index (χ1v) is 10.7. The minimum atomic E-state index is 0.544. The molecular formula is C20H21N5S2. The van der Waals surface area contributed by atoms with Crippen LogP contribution in [0.3, 0.4) is 0 Å². The Morgan fingerprint density at radius 2 is 1.85 bits per heavy atom. The largest absolute Gasteiger partial charge is 0.259 e. The van der Waals surface area contributed by atoms with E-state index in [-0.39, 0.29) is 0 Å². The molecule has 3 heterocycles. The van der Waals surface area contributed by atoms with Gasteiger partial charge in [-0.3, -0.25) is 4.40 Å². The van der Waals surface area contributed by atoms with E-state index in [1.807, 2.05) is 17.4 Å². The van der Waals surface area contributed by atoms with Gasteiger partial charge in [0.2, 0.25) is 0 Å². The van der Waals surface area contributed by atoms with Crippen LogP contribution in [0.25, 0.3) is 16.3 Å². The highest BCUT2D eigenvalue weighted by atomic mass is 32.2. The molecule has 0 saturated heterocycles. The number of nitrogens with zero attached hydrogens (tertiary/aromatic N) is 5. The lowest BCUT2D eigenvalue weighted by molar-refractivity contribution is 0.867. The summed E-state index contributed by atoms with van der Waals surface area (Å²) in [5.74, 6) is 1.95. The van der Waals surface area contributed by atoms with Crippen molar-refractivity contribution >= 4 is 28.9 Å². The number of rotatable bonds is 5. The fourth-order valence-electron chi connectivity index (χ4n) is 2.95. The van der Waals surface area contributed by atoms with E-state index in [0.717, 1.165) is 33.0 Å². The van der Waals surface area contributed by atoms with E-state index in [1.165, 1.54) is 11.1 Å². The second kappa shape index (κ2) is 7.40. The van der Waals surface area contributed by atoms with Crippen molar-refractivity contribution in [3.63, 3.8) is 0 Å². The monoisotopic (exact) mass is 395 g/mol. The molecule has 1 aromatic carbocycles. The maximum Gasteiger partial charge on any atom is 0.256 e. The third-order valence-electron chi connectivity index (χ3n) is 4.39. The second-order valence-corrected chi connectivity index (χ2v) is 8.67. The molecule has 0 aliphatic rings. The van der Waals surface area contributed by atoms with E-state index in [0.29, 0.717) is 11.7 Å². The van der Waals surface area contributed by atoms with Gasteiger partial charge in [-0.2, -0.15) is 0 Å². The summed E-state index contributed by atoms with van der Waals surface area (Å²) in [5.41, 5.74) is 5.63. The highest BCUT2D eigenvalue weighted by Crippen LogP contribution is 2.29. The van der Waals surface area contributed by atoms with Crippen molar-refractivity contribution in [2.75, 3.05) is 0 Å². The summed E-state index contributed by atoms with van der Waals surface area (Å²) in [6.45, 7) is 8.44. The molecule has 3 aromatic heterocycles. The molecule has 4 aromatic rings. The zero-order chi connectivity index (χ0) is 19.0. The molecule has 5 nitrogen and oxygen atoms in total. The van der Waals surface area contributed by atoms with Crippen molar-refractivity contribution in [2.45, 2.75) is 44.5 Å². The van der Waals surface area contributed by atoms with Gasteiger partial charge >= 0.3 is 0 Å². The molecule has 0 radical (unpaired) electrons. The summed E-state index contributed by atoms with van der Waals surface area (Å²) in [5, 5.41) is 12.5. The van der Waals surface area contributed by atoms with E-state index in [1.54, 1.807) is 23.1 Å². The first-order chi connectivity index (χ1) is 13.0. The number of aromatic nitrogens is 5. The van der Waals surface area contributed by atoms with Gasteiger partial charge in [0.05, 0.1) is 5.69 Å². The molecule has 27 heavy (non-hydrogen) atoms. The summed E-state index contributed by atoms with van der Waals surface area (Å²) in [7, 11) is 0. The van der Waals surface area contributed by atoms with Crippen LogP contribution in [-0.4, -0.2) is 24.6 Å². The molecule has 0 bridgehead atoms. The molecule has 0 aliphatic heterocycles. The van der Waals surface area contributed by atoms with Gasteiger partial charge in [0.15, 0.2) is 5.16 Å². The van der Waals surface area contributed by atoms with Gasteiger partial charge in [0.25, 0.3) is 5.78 Å². The molecule has 0 saturated carbocycles. The molecule has 0 atom stereocenters. The Morgan fingerprint density at radius 3 is 2.59 bits per heavy atom. The van der Waals surface area contributed by atoms with Crippen LogP contribution in [0.1, 0.15) is 42.4 Å². The lowest BCUT2D eigenvalue weighted by Crippen LogP contribution is -1.97. The fraction of sp³-hybridized carbons (Fsp3) is 0.300. The van der Waals surface area contributed by atoms with Crippen LogP contribution >= 0.6 is 23.1 Å². The number of thioether (sulfide) groups is 1. The summed E-state index contributed by atoms with van der Waals surface area (Å²) in [4.78, 5) is 9.23. The molecule has 7 heteroatoms. The molecule has 0 fully saturated rings. The number of aryl methyl sites for hydroxylation is 2. The number of benzene rings is 1. The summed E-state index contributed by atoms with van der Waals surface area (Å²) < 4.78 is 2.00. The van der Waals surface area contributed by atoms with Crippen molar-refractivity contribution in [1.82, 2.24) is 24.6 Å². The number of hydrogen-bond donors (Lipinski definition) is 0. The van der Waals surface area contributed by atoms with E-state index in [9.17, 15) is 0 Å². The van der Waals surface area contributed by atoms with Gasteiger partial charge in [-0.25, -0.2) is 9.97 Å². The van der Waals surface area contributed by atoms with Crippen LogP contribution in [-0.2, 0) is 5.75 Å². The van der Waals surface area contributed by atoms with Gasteiger partial charge in [0, 0.05) is 28.1 Å². The van der Waals surface area contributed by atoms with Crippen LogP contribution in [0.15, 0.2) is 40.9 Å². The van der Waals surface area contributed by atoms with Crippen LogP contribution in [0.5, 0.6) is 0 Å². The van der Waals surface area contributed by atoms with Crippen molar-refractivity contribution < 1.29 is 0 Å². The van der Waals surface area contributed by atoms with E-state index in [2.05, 4.69) is 65.6 Å². The fourth-order valence-corrected chi connectivity index (χ4v) is 4.76. The normalized spacial score (nSPS) is 11.6. The highest BCUT2D eigenvalue weighted by Gasteiger charge is 2.12. The lowest BCUT2D eigenvalue weighted by atomic mass is 10.0. The van der Waals surface area contributed by atoms with Crippen LogP contribution in [0.2, 0.25) is 0 Å². The van der Waals surface area contributed by atoms with Gasteiger partial charge in [-0.1, -0.05) is 49.9 Å². The van der Waals surface area contributed by atoms with Crippen LogP contribution < -0.4 is 0 Å². The average Bonchev–Trinajstić information content (AvgIpc) is 3.27. The second-order valence-electron chi connectivity index (χ2n) is 6.87. The Balaban J connectivity index is 1.50. The number of fused-ring (bicyclic) bond motifs is 1. The molecule has 0 spiro atoms. The Hall–Kier alpha value is -2.25. The zero-order valence-electron chi connectivity index (χ0n) is 15.8. The molecule has 4 rings (SSSR count). The smallest absolute Gasteiger partial charge is 0.256 e. The van der Waals surface area contributed by atoms with Crippen molar-refractivity contribution in [2.24, 2.45) is 0 Å². The quantitative estimate of drug-likeness (QED) is 0.430. The third-order valence-corrected chi connectivity index (χ3v) is 6.29. The highest BCUT2D eigenvalue weighted by molar-refractivity contribution is 7.98. The molecule has 138 valence electrons. The zero-order valence-corrected chi connectivity index (χ0v) is 17.4. The number of thiazole rings is 1. The molecule has 0 amide bonds. The average molecular weight is 396 g/mol. The van der Waals surface area contributed by atoms with Gasteiger partial charge in [-0.05, 0) is 31.4 Å². The van der Waals surface area contributed by atoms with E-state index in [4.69, 9.17) is 4.98 Å². The molecule has 0 aliphatic carbocycles. The number of hydrogen-bond acceptors (Lipinski definition) is 6. The summed E-state index contributed by atoms with van der Waals surface area (Å²) in [6, 6.07) is 10.7. The minimum Gasteiger partial charge on any atom is -0.259 e. The van der Waals surface area contributed by atoms with Crippen molar-refractivity contribution in [3.8, 4) is 10.6 Å². The predicted molar refractivity (Wildman–Crippen MR) is 111 cm³/mol. The Bertz CT molecular complexity index is 1080. The topological polar surface area (TPSA) is 56.0 Å². The van der Waals surface area contributed by atoms with Gasteiger partial charge in [0.1, 0.15) is 5.01 Å². The van der Waals surface area contributed by atoms with Crippen LogP contribution in [0, 0.1) is 13.8 Å². The molecule has 0 N–H and O–H groups in total. The molecule has 0 unspecified atom stereocenters. The predicted octanol–water partition coefficient (Wildman–Crippen LogP) is 5.28. The van der Waals surface area contributed by atoms with E-state index < -0.39 is 0 Å². The SMILES string of the molecule is Cc1cc(C)n2c(SCc3csc(-c4ccc(C(C)C)cc4)n3)nnc2n1. The minimum absolute atomic E-state index is 0.544. The van der Waals surface area contributed by atoms with E-state index >= 15 is 0 Å². The Labute approximate surface area is 166 Å². The Morgan fingerprint density at radius 1 is 1.07 bits per heavy atom. The first kappa shape index (κ1) is 18.1. The maximum absolute atomic E-state index is 4.80. The summed E-state index contributed by atoms with van der Waals surface area (Å²) >= 11 is 3.32. The summed E-state index contributed by atoms with van der Waals surface area (Å²) in [6.07, 6.45) is 0. The van der Waals surface area contributed by atoms with Crippen molar-refractivity contribution in [1.29, 1.82) is 0 Å². The van der Waals surface area contributed by atoms with Crippen LogP contribution in [0.4, 0.5) is 0 Å². The first-order valence-electron chi connectivity index (χ1n) is 8.88. The standard InChI is InChI=1S/C20H21N5S2/c1-12(2)15-5-7-16(8-6-15)18-22-17(10-26-18)11-27-20-24-23-19-21-13(3)9-14(4)25(19)20/h5-10,12H,11H2,1-4H3. The Kier molecular flexibility index (Phi) is 4.97. The van der Waals surface area contributed by atoms with Gasteiger partial charge < -0.3 is 0 Å². The van der Waals surface area contributed by atoms with Gasteiger partial charge in [-0.15, -0.1) is 21.5 Å². The lowest BCUT2D eigenvalue weighted by Gasteiger charge is -2.05.